The number of halogens is 1. The maximum Gasteiger partial charge on any atom is 0.226 e. The van der Waals surface area contributed by atoms with Crippen molar-refractivity contribution in [3.8, 4) is 17.0 Å². The van der Waals surface area contributed by atoms with Gasteiger partial charge in [-0.2, -0.15) is 9.97 Å². The fourth-order valence-corrected chi connectivity index (χ4v) is 3.37. The number of aliphatic hydroxyl groups is 1. The molecule has 3 heterocycles. The highest BCUT2D eigenvalue weighted by atomic mass is 35.5. The molecule has 1 aliphatic heterocycles. The molecule has 8 heteroatoms. The molecule has 0 amide bonds. The van der Waals surface area contributed by atoms with Crippen molar-refractivity contribution >= 4 is 28.5 Å². The number of methoxy groups -OCH3 is 1. The quantitative estimate of drug-likeness (QED) is 0.690. The topological polar surface area (TPSA) is 80.6 Å². The van der Waals surface area contributed by atoms with Crippen LogP contribution >= 0.6 is 11.6 Å². The van der Waals surface area contributed by atoms with Crippen LogP contribution < -0.4 is 9.64 Å². The smallest absolute Gasteiger partial charge is 0.226 e. The van der Waals surface area contributed by atoms with Crippen LogP contribution in [0.3, 0.4) is 0 Å². The monoisotopic (exact) mass is 386 g/mol. The molecule has 1 fully saturated rings. The molecule has 0 radical (unpaired) electrons. The van der Waals surface area contributed by atoms with E-state index in [0.717, 1.165) is 35.6 Å². The van der Waals surface area contributed by atoms with E-state index in [1.807, 2.05) is 30.3 Å². The van der Waals surface area contributed by atoms with E-state index in [9.17, 15) is 5.11 Å². The van der Waals surface area contributed by atoms with Crippen molar-refractivity contribution in [1.82, 2.24) is 15.0 Å². The number of aliphatic hydroxyl groups excluding tert-OH is 1. The molecule has 0 aliphatic carbocycles. The number of aromatic nitrogens is 3. The first kappa shape index (κ1) is 17.9. The Morgan fingerprint density at radius 1 is 1.15 bits per heavy atom. The van der Waals surface area contributed by atoms with Crippen LogP contribution in [0, 0.1) is 0 Å². The highest BCUT2D eigenvalue weighted by Gasteiger charge is 2.18. The van der Waals surface area contributed by atoms with Crippen LogP contribution in [0.1, 0.15) is 5.56 Å². The molecule has 4 rings (SSSR count). The van der Waals surface area contributed by atoms with Gasteiger partial charge in [0.2, 0.25) is 5.28 Å². The van der Waals surface area contributed by atoms with E-state index in [4.69, 9.17) is 21.1 Å². The van der Waals surface area contributed by atoms with E-state index in [2.05, 4.69) is 19.9 Å². The fourth-order valence-electron chi connectivity index (χ4n) is 3.21. The molecular formula is C19H19ClN4O3. The molecule has 1 saturated heterocycles. The van der Waals surface area contributed by atoms with Crippen LogP contribution in [0.2, 0.25) is 5.28 Å². The van der Waals surface area contributed by atoms with Crippen molar-refractivity contribution in [3.05, 3.63) is 41.2 Å². The number of anilines is 1. The van der Waals surface area contributed by atoms with Crippen molar-refractivity contribution in [1.29, 1.82) is 0 Å². The highest BCUT2D eigenvalue weighted by molar-refractivity contribution is 6.28. The maximum absolute atomic E-state index is 9.56. The summed E-state index contributed by atoms with van der Waals surface area (Å²) in [5, 5.41) is 10.6. The molecule has 27 heavy (non-hydrogen) atoms. The van der Waals surface area contributed by atoms with E-state index in [1.54, 1.807) is 7.11 Å². The van der Waals surface area contributed by atoms with Gasteiger partial charge in [-0.05, 0) is 41.9 Å². The van der Waals surface area contributed by atoms with E-state index >= 15 is 0 Å². The highest BCUT2D eigenvalue weighted by Crippen LogP contribution is 2.30. The van der Waals surface area contributed by atoms with E-state index in [-0.39, 0.29) is 11.9 Å². The van der Waals surface area contributed by atoms with E-state index in [1.165, 1.54) is 0 Å². The van der Waals surface area contributed by atoms with Crippen molar-refractivity contribution in [2.75, 3.05) is 38.3 Å². The number of benzene rings is 1. The molecule has 1 aromatic carbocycles. The number of hydrogen-bond acceptors (Lipinski definition) is 7. The van der Waals surface area contributed by atoms with Crippen LogP contribution in [0.4, 0.5) is 5.82 Å². The van der Waals surface area contributed by atoms with Gasteiger partial charge in [-0.1, -0.05) is 0 Å². The third kappa shape index (κ3) is 3.53. The summed E-state index contributed by atoms with van der Waals surface area (Å²) in [7, 11) is 1.58. The molecule has 140 valence electrons. The molecule has 0 bridgehead atoms. The number of rotatable bonds is 4. The van der Waals surface area contributed by atoms with E-state index in [0.29, 0.717) is 30.2 Å². The van der Waals surface area contributed by atoms with Gasteiger partial charge in [-0.3, -0.25) is 0 Å². The summed E-state index contributed by atoms with van der Waals surface area (Å²) in [4.78, 5) is 15.5. The minimum atomic E-state index is -0.111. The Morgan fingerprint density at radius 2 is 1.96 bits per heavy atom. The van der Waals surface area contributed by atoms with Crippen molar-refractivity contribution < 1.29 is 14.6 Å². The predicted molar refractivity (Wildman–Crippen MR) is 103 cm³/mol. The van der Waals surface area contributed by atoms with Gasteiger partial charge in [0.15, 0.2) is 5.65 Å². The van der Waals surface area contributed by atoms with Gasteiger partial charge in [-0.25, -0.2) is 4.98 Å². The first-order valence-corrected chi connectivity index (χ1v) is 9.02. The van der Waals surface area contributed by atoms with Gasteiger partial charge in [0.05, 0.1) is 38.0 Å². The van der Waals surface area contributed by atoms with Gasteiger partial charge in [0.1, 0.15) is 11.6 Å². The van der Waals surface area contributed by atoms with Gasteiger partial charge in [0.25, 0.3) is 0 Å². The third-order valence-electron chi connectivity index (χ3n) is 4.57. The minimum absolute atomic E-state index is 0.111. The molecule has 1 N–H and O–H groups in total. The minimum Gasteiger partial charge on any atom is -0.496 e. The van der Waals surface area contributed by atoms with Crippen molar-refractivity contribution in [3.63, 3.8) is 0 Å². The summed E-state index contributed by atoms with van der Waals surface area (Å²) in [5.41, 5.74) is 2.84. The lowest BCUT2D eigenvalue weighted by Gasteiger charge is -2.28. The second-order valence-electron chi connectivity index (χ2n) is 6.17. The molecule has 7 nitrogen and oxygen atoms in total. The van der Waals surface area contributed by atoms with Crippen LogP contribution in [0.15, 0.2) is 30.3 Å². The number of morpholine rings is 1. The molecule has 0 spiro atoms. The molecule has 0 unspecified atom stereocenters. The van der Waals surface area contributed by atoms with Gasteiger partial charge >= 0.3 is 0 Å². The van der Waals surface area contributed by atoms with E-state index < -0.39 is 0 Å². The van der Waals surface area contributed by atoms with Crippen molar-refractivity contribution in [2.24, 2.45) is 0 Å². The first-order valence-electron chi connectivity index (χ1n) is 8.64. The number of fused-ring (bicyclic) bond motifs is 1. The Kier molecular flexibility index (Phi) is 5.07. The number of hydrogen-bond donors (Lipinski definition) is 1. The Bertz CT molecular complexity index is 977. The largest absolute Gasteiger partial charge is 0.496 e. The lowest BCUT2D eigenvalue weighted by atomic mass is 10.1. The summed E-state index contributed by atoms with van der Waals surface area (Å²) in [6, 6.07) is 9.46. The zero-order valence-electron chi connectivity index (χ0n) is 14.9. The van der Waals surface area contributed by atoms with Crippen LogP contribution in [0.25, 0.3) is 22.3 Å². The Balaban J connectivity index is 1.78. The summed E-state index contributed by atoms with van der Waals surface area (Å²) in [6.07, 6.45) is 0. The lowest BCUT2D eigenvalue weighted by molar-refractivity contribution is 0.122. The van der Waals surface area contributed by atoms with Crippen LogP contribution in [-0.2, 0) is 11.3 Å². The average Bonchev–Trinajstić information content (AvgIpc) is 2.72. The van der Waals surface area contributed by atoms with Crippen molar-refractivity contribution in [2.45, 2.75) is 6.61 Å². The Morgan fingerprint density at radius 3 is 2.70 bits per heavy atom. The van der Waals surface area contributed by atoms with Crippen LogP contribution in [-0.4, -0.2) is 53.5 Å². The SMILES string of the molecule is COc1ccc(-c2ccc3c(N4CCOCC4)nc(Cl)nc3n2)cc1CO. The molecule has 0 saturated carbocycles. The normalized spacial score (nSPS) is 14.6. The summed E-state index contributed by atoms with van der Waals surface area (Å²) < 4.78 is 10.7. The standard InChI is InChI=1S/C19H19ClN4O3/c1-26-16-5-2-12(10-13(16)11-25)15-4-3-14-17(21-15)22-19(20)23-18(14)24-6-8-27-9-7-24/h2-5,10,25H,6-9,11H2,1H3. The van der Waals surface area contributed by atoms with Gasteiger partial charge < -0.3 is 19.5 Å². The molecule has 2 aromatic heterocycles. The summed E-state index contributed by atoms with van der Waals surface area (Å²) >= 11 is 6.16. The summed E-state index contributed by atoms with van der Waals surface area (Å²) in [6.45, 7) is 2.71. The van der Waals surface area contributed by atoms with Gasteiger partial charge in [0, 0.05) is 24.2 Å². The zero-order valence-corrected chi connectivity index (χ0v) is 15.6. The Hall–Kier alpha value is -2.48. The number of ether oxygens (including phenoxy) is 2. The summed E-state index contributed by atoms with van der Waals surface area (Å²) in [5.74, 6) is 1.42. The second-order valence-corrected chi connectivity index (χ2v) is 6.51. The fraction of sp³-hybridized carbons (Fsp3) is 0.316. The molecule has 3 aromatic rings. The average molecular weight is 387 g/mol. The molecule has 0 atom stereocenters. The van der Waals surface area contributed by atoms with Crippen LogP contribution in [0.5, 0.6) is 5.75 Å². The maximum atomic E-state index is 9.56. The number of pyridine rings is 1. The molecular weight excluding hydrogens is 368 g/mol. The Labute approximate surface area is 161 Å². The first-order chi connectivity index (χ1) is 13.2. The zero-order chi connectivity index (χ0) is 18.8. The number of nitrogens with zero attached hydrogens (tertiary/aromatic N) is 4. The second kappa shape index (κ2) is 7.64. The lowest BCUT2D eigenvalue weighted by Crippen LogP contribution is -2.37. The van der Waals surface area contributed by atoms with Gasteiger partial charge in [-0.15, -0.1) is 0 Å². The predicted octanol–water partition coefficient (Wildman–Crippen LogP) is 2.68. The third-order valence-corrected chi connectivity index (χ3v) is 4.74. The molecule has 1 aliphatic rings.